The number of thioether (sulfide) groups is 1. The molecular formula is C18H18ClFN4OS. The van der Waals surface area contributed by atoms with Crippen molar-refractivity contribution in [1.29, 1.82) is 0 Å². The number of amides is 1. The second-order valence-corrected chi connectivity index (χ2v) is 6.46. The van der Waals surface area contributed by atoms with Crippen molar-refractivity contribution < 1.29 is 9.18 Å². The van der Waals surface area contributed by atoms with Crippen LogP contribution in [-0.2, 0) is 4.79 Å². The predicted octanol–water partition coefficient (Wildman–Crippen LogP) is 4.18. The van der Waals surface area contributed by atoms with Crippen LogP contribution in [0.3, 0.4) is 0 Å². The summed E-state index contributed by atoms with van der Waals surface area (Å²) < 4.78 is 13.6. The predicted molar refractivity (Wildman–Crippen MR) is 105 cm³/mol. The molecule has 2 rings (SSSR count). The van der Waals surface area contributed by atoms with Crippen LogP contribution in [0, 0.1) is 5.82 Å². The lowest BCUT2D eigenvalue weighted by molar-refractivity contribution is -0.113. The molecule has 0 aliphatic heterocycles. The first-order valence-corrected chi connectivity index (χ1v) is 9.08. The van der Waals surface area contributed by atoms with E-state index in [1.54, 1.807) is 30.4 Å². The van der Waals surface area contributed by atoms with E-state index in [2.05, 4.69) is 28.4 Å². The van der Waals surface area contributed by atoms with Crippen molar-refractivity contribution in [3.63, 3.8) is 0 Å². The van der Waals surface area contributed by atoms with Crippen LogP contribution < -0.4 is 10.2 Å². The van der Waals surface area contributed by atoms with Gasteiger partial charge in [-0.2, -0.15) is 0 Å². The van der Waals surface area contributed by atoms with Crippen molar-refractivity contribution in [3.8, 4) is 0 Å². The first-order chi connectivity index (χ1) is 12.5. The van der Waals surface area contributed by atoms with Crippen LogP contribution in [0.2, 0.25) is 5.15 Å². The molecular weight excluding hydrogens is 375 g/mol. The largest absolute Gasteiger partial charge is 0.349 e. The van der Waals surface area contributed by atoms with Crippen LogP contribution in [0.25, 0.3) is 0 Å². The average molecular weight is 393 g/mol. The van der Waals surface area contributed by atoms with E-state index in [0.717, 1.165) is 11.8 Å². The molecule has 136 valence electrons. The van der Waals surface area contributed by atoms with Gasteiger partial charge in [0.05, 0.1) is 11.4 Å². The van der Waals surface area contributed by atoms with Crippen molar-refractivity contribution in [1.82, 2.24) is 9.97 Å². The monoisotopic (exact) mass is 392 g/mol. The minimum Gasteiger partial charge on any atom is -0.349 e. The maximum Gasteiger partial charge on any atom is 0.234 e. The molecule has 8 heteroatoms. The molecule has 1 aromatic carbocycles. The molecule has 1 aromatic heterocycles. The molecule has 0 bridgehead atoms. The van der Waals surface area contributed by atoms with Crippen LogP contribution in [0.4, 0.5) is 15.9 Å². The molecule has 0 aliphatic carbocycles. The summed E-state index contributed by atoms with van der Waals surface area (Å²) in [5, 5.41) is 3.14. The Balaban J connectivity index is 2.04. The zero-order valence-electron chi connectivity index (χ0n) is 14.0. The van der Waals surface area contributed by atoms with E-state index < -0.39 is 5.82 Å². The number of halogens is 2. The number of aromatic nitrogens is 2. The van der Waals surface area contributed by atoms with Crippen LogP contribution in [-0.4, -0.2) is 34.7 Å². The summed E-state index contributed by atoms with van der Waals surface area (Å²) in [5.74, 6) is -0.213. The highest BCUT2D eigenvalue weighted by molar-refractivity contribution is 7.99. The van der Waals surface area contributed by atoms with E-state index >= 15 is 0 Å². The van der Waals surface area contributed by atoms with Gasteiger partial charge in [-0.05, 0) is 12.1 Å². The molecule has 0 spiro atoms. The number of benzene rings is 1. The van der Waals surface area contributed by atoms with Crippen molar-refractivity contribution in [3.05, 3.63) is 66.6 Å². The van der Waals surface area contributed by atoms with Gasteiger partial charge in [-0.1, -0.05) is 47.6 Å². The molecule has 0 atom stereocenters. The third-order valence-electron chi connectivity index (χ3n) is 3.16. The van der Waals surface area contributed by atoms with Gasteiger partial charge in [-0.3, -0.25) is 4.79 Å². The number of nitrogens with zero attached hydrogens (tertiary/aromatic N) is 3. The van der Waals surface area contributed by atoms with Crippen molar-refractivity contribution in [2.75, 3.05) is 29.1 Å². The zero-order chi connectivity index (χ0) is 18.9. The molecule has 1 N–H and O–H groups in total. The summed E-state index contributed by atoms with van der Waals surface area (Å²) in [6, 6.07) is 7.61. The summed E-state index contributed by atoms with van der Waals surface area (Å²) in [4.78, 5) is 22.5. The number of rotatable bonds is 9. The van der Waals surface area contributed by atoms with Crippen LogP contribution in [0.15, 0.2) is 60.8 Å². The normalized spacial score (nSPS) is 10.2. The van der Waals surface area contributed by atoms with Gasteiger partial charge in [0.15, 0.2) is 5.16 Å². The fourth-order valence-corrected chi connectivity index (χ4v) is 2.95. The van der Waals surface area contributed by atoms with Crippen molar-refractivity contribution >= 4 is 40.8 Å². The highest BCUT2D eigenvalue weighted by Crippen LogP contribution is 2.22. The fraction of sp³-hybridized carbons (Fsp3) is 0.167. The molecule has 0 radical (unpaired) electrons. The Labute approximate surface area is 161 Å². The van der Waals surface area contributed by atoms with E-state index in [0.29, 0.717) is 24.1 Å². The van der Waals surface area contributed by atoms with Gasteiger partial charge in [0.1, 0.15) is 16.8 Å². The van der Waals surface area contributed by atoms with Gasteiger partial charge < -0.3 is 10.2 Å². The molecule has 0 unspecified atom stereocenters. The highest BCUT2D eigenvalue weighted by atomic mass is 35.5. The van der Waals surface area contributed by atoms with E-state index in [-0.39, 0.29) is 22.5 Å². The maximum atomic E-state index is 13.6. The quantitative estimate of drug-likeness (QED) is 0.300. The van der Waals surface area contributed by atoms with Gasteiger partial charge in [-0.25, -0.2) is 14.4 Å². The zero-order valence-corrected chi connectivity index (χ0v) is 15.6. The molecule has 0 saturated carbocycles. The minimum atomic E-state index is -0.489. The smallest absolute Gasteiger partial charge is 0.234 e. The Morgan fingerprint density at radius 1 is 1.27 bits per heavy atom. The van der Waals surface area contributed by atoms with E-state index in [1.807, 2.05) is 4.90 Å². The molecule has 0 aliphatic rings. The Morgan fingerprint density at radius 3 is 2.62 bits per heavy atom. The summed E-state index contributed by atoms with van der Waals surface area (Å²) in [6.45, 7) is 8.57. The number of nitrogens with one attached hydrogen (secondary N) is 1. The molecule has 2 aromatic rings. The maximum absolute atomic E-state index is 13.6. The topological polar surface area (TPSA) is 58.1 Å². The van der Waals surface area contributed by atoms with Crippen LogP contribution in [0.1, 0.15) is 0 Å². The Hall–Kier alpha value is -2.38. The van der Waals surface area contributed by atoms with E-state index in [4.69, 9.17) is 11.6 Å². The van der Waals surface area contributed by atoms with Crippen LogP contribution >= 0.6 is 23.4 Å². The second kappa shape index (κ2) is 9.94. The highest BCUT2D eigenvalue weighted by Gasteiger charge is 2.12. The Morgan fingerprint density at radius 2 is 1.96 bits per heavy atom. The fourth-order valence-electron chi connectivity index (χ4n) is 2.06. The number of para-hydroxylation sites is 1. The first kappa shape index (κ1) is 19.9. The summed E-state index contributed by atoms with van der Waals surface area (Å²) >= 11 is 7.18. The van der Waals surface area contributed by atoms with E-state index in [1.165, 1.54) is 12.1 Å². The molecule has 5 nitrogen and oxygen atoms in total. The molecule has 0 saturated heterocycles. The summed E-state index contributed by atoms with van der Waals surface area (Å²) in [5.41, 5.74) is 0.133. The van der Waals surface area contributed by atoms with Gasteiger partial charge in [-0.15, -0.1) is 13.2 Å². The Kier molecular flexibility index (Phi) is 7.62. The molecule has 0 fully saturated rings. The third kappa shape index (κ3) is 5.86. The SMILES string of the molecule is C=CCN(CC=C)c1cc(Cl)nc(SCC(=O)Nc2ccccc2F)n1. The number of hydrogen-bond acceptors (Lipinski definition) is 5. The minimum absolute atomic E-state index is 0.0248. The summed E-state index contributed by atoms with van der Waals surface area (Å²) in [6.07, 6.45) is 3.49. The summed E-state index contributed by atoms with van der Waals surface area (Å²) in [7, 11) is 0. The van der Waals surface area contributed by atoms with Crippen molar-refractivity contribution in [2.24, 2.45) is 0 Å². The average Bonchev–Trinajstić information content (AvgIpc) is 2.61. The van der Waals surface area contributed by atoms with Gasteiger partial charge in [0.2, 0.25) is 5.91 Å². The van der Waals surface area contributed by atoms with Gasteiger partial charge in [0.25, 0.3) is 0 Å². The van der Waals surface area contributed by atoms with E-state index in [9.17, 15) is 9.18 Å². The third-order valence-corrected chi connectivity index (χ3v) is 4.21. The lowest BCUT2D eigenvalue weighted by Crippen LogP contribution is -2.24. The lowest BCUT2D eigenvalue weighted by Gasteiger charge is -2.20. The van der Waals surface area contributed by atoms with Gasteiger partial charge >= 0.3 is 0 Å². The number of carbonyl (C=O) groups excluding carboxylic acids is 1. The first-order valence-electron chi connectivity index (χ1n) is 7.72. The Bertz CT molecular complexity index is 793. The van der Waals surface area contributed by atoms with Crippen molar-refractivity contribution in [2.45, 2.75) is 5.16 Å². The van der Waals surface area contributed by atoms with Gasteiger partial charge in [0, 0.05) is 19.2 Å². The van der Waals surface area contributed by atoms with Crippen LogP contribution in [0.5, 0.6) is 0 Å². The molecule has 1 heterocycles. The lowest BCUT2D eigenvalue weighted by atomic mass is 10.3. The molecule has 26 heavy (non-hydrogen) atoms. The number of anilines is 2. The number of carbonyl (C=O) groups is 1. The molecule has 1 amide bonds. The second-order valence-electron chi connectivity index (χ2n) is 5.13. The number of hydrogen-bond donors (Lipinski definition) is 1. The standard InChI is InChI=1S/C18H18ClFN4OS/c1-3-9-24(10-4-2)16-11-15(19)22-18(23-16)26-12-17(25)21-14-8-6-5-7-13(14)20/h3-8,11H,1-2,9-10,12H2,(H,21,25).